The average Bonchev–Trinajstić information content (AvgIpc) is 2.96. The number of rotatable bonds is 28. The smallest absolute Gasteiger partial charge is 0.111 e. The first-order valence-electron chi connectivity index (χ1n) is 13.4. The molecule has 16 nitrogen and oxygen atoms in total. The Labute approximate surface area is 234 Å². The topological polar surface area (TPSA) is 252 Å². The summed E-state index contributed by atoms with van der Waals surface area (Å²) in [5.74, 6) is 0. The number of aliphatic hydroxyl groups is 10. The monoisotopic (exact) mass is 593 g/mol. The van der Waals surface area contributed by atoms with Gasteiger partial charge in [-0.3, -0.25) is 4.90 Å². The van der Waals surface area contributed by atoms with E-state index >= 15 is 0 Å². The molecular formula is C24H51NO15. The van der Waals surface area contributed by atoms with Crippen LogP contribution in [-0.4, -0.2) is 204 Å². The standard InChI is InChI=1S/C24H51NO15/c1-2-36-5-6-38-9-10-40-12-11-39-8-7-37-4-3-25(13-17(28)21(32)23(34)19(30)15-26)14-18(29)22(33)24(35)20(31)16-27/h17-24,26-35H,2-16H2,1H3/t17-,18-,19+,20+,21+,22+,23+,24+/m0/s1. The van der Waals surface area contributed by atoms with Crippen LogP contribution in [0.2, 0.25) is 0 Å². The van der Waals surface area contributed by atoms with E-state index in [9.17, 15) is 40.9 Å². The van der Waals surface area contributed by atoms with Crippen LogP contribution in [0.4, 0.5) is 0 Å². The van der Waals surface area contributed by atoms with Crippen molar-refractivity contribution < 1.29 is 74.7 Å². The lowest BCUT2D eigenvalue weighted by atomic mass is 10.0. The zero-order valence-electron chi connectivity index (χ0n) is 23.2. The molecule has 0 aliphatic carbocycles. The van der Waals surface area contributed by atoms with E-state index < -0.39 is 62.0 Å². The average molecular weight is 594 g/mol. The van der Waals surface area contributed by atoms with E-state index in [0.29, 0.717) is 46.2 Å². The van der Waals surface area contributed by atoms with Crippen molar-refractivity contribution in [1.29, 1.82) is 0 Å². The molecule has 0 saturated heterocycles. The molecule has 0 saturated carbocycles. The predicted molar refractivity (Wildman–Crippen MR) is 138 cm³/mol. The Hall–Kier alpha value is -0.640. The zero-order valence-corrected chi connectivity index (χ0v) is 23.2. The molecule has 0 spiro atoms. The van der Waals surface area contributed by atoms with E-state index in [4.69, 9.17) is 33.9 Å². The lowest BCUT2D eigenvalue weighted by molar-refractivity contribution is -0.131. The van der Waals surface area contributed by atoms with Gasteiger partial charge in [-0.25, -0.2) is 0 Å². The Bertz CT molecular complexity index is 536. The summed E-state index contributed by atoms with van der Waals surface area (Å²) in [5, 5.41) is 97.4. The summed E-state index contributed by atoms with van der Waals surface area (Å²) in [7, 11) is 0. The predicted octanol–water partition coefficient (Wildman–Crippen LogP) is -5.74. The molecule has 242 valence electrons. The number of hydrogen-bond donors (Lipinski definition) is 10. The normalized spacial score (nSPS) is 18.3. The van der Waals surface area contributed by atoms with Gasteiger partial charge in [-0.1, -0.05) is 0 Å². The van der Waals surface area contributed by atoms with E-state index in [1.54, 1.807) is 0 Å². The van der Waals surface area contributed by atoms with Gasteiger partial charge in [-0.2, -0.15) is 0 Å². The quantitative estimate of drug-likeness (QED) is 0.0379. The molecule has 10 N–H and O–H groups in total. The van der Waals surface area contributed by atoms with Crippen LogP contribution in [0, 0.1) is 0 Å². The second-order valence-corrected chi connectivity index (χ2v) is 9.00. The molecule has 0 heterocycles. The number of aliphatic hydroxyl groups excluding tert-OH is 10. The molecule has 8 atom stereocenters. The highest BCUT2D eigenvalue weighted by atomic mass is 16.6. The van der Waals surface area contributed by atoms with Gasteiger partial charge < -0.3 is 74.7 Å². The van der Waals surface area contributed by atoms with Crippen molar-refractivity contribution in [1.82, 2.24) is 4.90 Å². The molecule has 0 unspecified atom stereocenters. The third kappa shape index (κ3) is 18.0. The maximum absolute atomic E-state index is 10.3. The molecule has 0 rings (SSSR count). The van der Waals surface area contributed by atoms with Crippen LogP contribution < -0.4 is 0 Å². The molecule has 0 aromatic heterocycles. The van der Waals surface area contributed by atoms with Crippen LogP contribution in [0.1, 0.15) is 6.92 Å². The summed E-state index contributed by atoms with van der Waals surface area (Å²) in [6.07, 6.45) is -14.1. The maximum atomic E-state index is 10.3. The van der Waals surface area contributed by atoms with Crippen molar-refractivity contribution in [3.8, 4) is 0 Å². The van der Waals surface area contributed by atoms with Crippen molar-refractivity contribution in [3.63, 3.8) is 0 Å². The van der Waals surface area contributed by atoms with E-state index in [1.165, 1.54) is 4.90 Å². The minimum Gasteiger partial charge on any atom is -0.394 e. The van der Waals surface area contributed by atoms with Gasteiger partial charge in [0.25, 0.3) is 0 Å². The fourth-order valence-corrected chi connectivity index (χ4v) is 3.35. The highest BCUT2D eigenvalue weighted by molar-refractivity contribution is 4.86. The van der Waals surface area contributed by atoms with Gasteiger partial charge in [0, 0.05) is 26.2 Å². The molecule has 0 amide bonds. The Balaban J connectivity index is 4.50. The molecule has 0 aliphatic heterocycles. The fraction of sp³-hybridized carbons (Fsp3) is 1.00. The van der Waals surface area contributed by atoms with E-state index in [-0.39, 0.29) is 39.5 Å². The molecular weight excluding hydrogens is 542 g/mol. The fourth-order valence-electron chi connectivity index (χ4n) is 3.35. The van der Waals surface area contributed by atoms with E-state index in [2.05, 4.69) is 0 Å². The van der Waals surface area contributed by atoms with Gasteiger partial charge >= 0.3 is 0 Å². The third-order valence-electron chi connectivity index (χ3n) is 5.79. The molecule has 0 aromatic rings. The van der Waals surface area contributed by atoms with Crippen LogP contribution in [0.3, 0.4) is 0 Å². The van der Waals surface area contributed by atoms with E-state index in [1.807, 2.05) is 6.92 Å². The number of nitrogens with zero attached hydrogens (tertiary/aromatic N) is 1. The van der Waals surface area contributed by atoms with Crippen molar-refractivity contribution in [2.45, 2.75) is 55.8 Å². The summed E-state index contributed by atoms with van der Waals surface area (Å²) in [5.41, 5.74) is 0. The molecule has 0 aliphatic rings. The van der Waals surface area contributed by atoms with Gasteiger partial charge in [0.2, 0.25) is 0 Å². The highest BCUT2D eigenvalue weighted by Gasteiger charge is 2.34. The first-order chi connectivity index (χ1) is 19.1. The SMILES string of the molecule is CCOCCOCCOCCOCCOCCN(C[C@H](O)[C@@H](O)[C@H](O)[C@H](O)CO)C[C@H](O)[C@@H](O)[C@H](O)[C@H](O)CO. The second-order valence-electron chi connectivity index (χ2n) is 9.00. The van der Waals surface area contributed by atoms with Crippen molar-refractivity contribution in [3.05, 3.63) is 0 Å². The first kappa shape index (κ1) is 39.4. The van der Waals surface area contributed by atoms with Crippen LogP contribution in [0.15, 0.2) is 0 Å². The lowest BCUT2D eigenvalue weighted by Crippen LogP contribution is -2.53. The molecule has 0 radical (unpaired) electrons. The summed E-state index contributed by atoms with van der Waals surface area (Å²) in [6, 6.07) is 0. The summed E-state index contributed by atoms with van der Waals surface area (Å²) in [6.45, 7) is 3.32. The molecule has 0 fully saturated rings. The Morgan fingerprint density at radius 2 is 0.750 bits per heavy atom. The largest absolute Gasteiger partial charge is 0.394 e. The maximum Gasteiger partial charge on any atom is 0.111 e. The Morgan fingerprint density at radius 1 is 0.450 bits per heavy atom. The summed E-state index contributed by atoms with van der Waals surface area (Å²) >= 11 is 0. The van der Waals surface area contributed by atoms with Crippen LogP contribution >= 0.6 is 0 Å². The summed E-state index contributed by atoms with van der Waals surface area (Å²) < 4.78 is 26.7. The summed E-state index contributed by atoms with van der Waals surface area (Å²) in [4.78, 5) is 1.35. The van der Waals surface area contributed by atoms with Gasteiger partial charge in [0.15, 0.2) is 0 Å². The van der Waals surface area contributed by atoms with Gasteiger partial charge in [0.1, 0.15) is 36.6 Å². The zero-order chi connectivity index (χ0) is 30.3. The molecule has 0 bridgehead atoms. The van der Waals surface area contributed by atoms with Crippen molar-refractivity contribution >= 4 is 0 Å². The number of ether oxygens (including phenoxy) is 5. The van der Waals surface area contributed by atoms with Crippen LogP contribution in [0.5, 0.6) is 0 Å². The Morgan fingerprint density at radius 3 is 1.07 bits per heavy atom. The highest BCUT2D eigenvalue weighted by Crippen LogP contribution is 2.10. The molecule has 40 heavy (non-hydrogen) atoms. The van der Waals surface area contributed by atoms with Gasteiger partial charge in [-0.15, -0.1) is 0 Å². The number of hydrogen-bond acceptors (Lipinski definition) is 16. The minimum absolute atomic E-state index is 0.0528. The first-order valence-corrected chi connectivity index (χ1v) is 13.4. The minimum atomic E-state index is -1.86. The van der Waals surface area contributed by atoms with E-state index in [0.717, 1.165) is 0 Å². The lowest BCUT2D eigenvalue weighted by Gasteiger charge is -2.33. The Kier molecular flexibility index (Phi) is 24.5. The molecule has 16 heteroatoms. The van der Waals surface area contributed by atoms with Crippen LogP contribution in [0.25, 0.3) is 0 Å². The third-order valence-corrected chi connectivity index (χ3v) is 5.79. The van der Waals surface area contributed by atoms with Crippen molar-refractivity contribution in [2.24, 2.45) is 0 Å². The van der Waals surface area contributed by atoms with Gasteiger partial charge in [0.05, 0.1) is 84.9 Å². The molecule has 0 aromatic carbocycles. The van der Waals surface area contributed by atoms with Crippen molar-refractivity contribution in [2.75, 3.05) is 98.9 Å². The second kappa shape index (κ2) is 24.9. The van der Waals surface area contributed by atoms with Gasteiger partial charge in [-0.05, 0) is 6.92 Å². The van der Waals surface area contributed by atoms with Crippen LogP contribution in [-0.2, 0) is 23.7 Å².